The first kappa shape index (κ1) is 16.3. The molecule has 3 aromatic rings. The molecule has 4 rings (SSSR count). The maximum Gasteiger partial charge on any atom is 0.254 e. The molecule has 26 heavy (non-hydrogen) atoms. The SMILES string of the molecule is COc1cccc(C(=O)N2C[C@H](c3ccccc3)[C@H](c3ncon3)C2)c1. The Kier molecular flexibility index (Phi) is 4.39. The highest BCUT2D eigenvalue weighted by molar-refractivity contribution is 5.95. The normalized spacial score (nSPS) is 19.5. The zero-order valence-electron chi connectivity index (χ0n) is 14.4. The van der Waals surface area contributed by atoms with Crippen LogP contribution in [-0.4, -0.2) is 41.1 Å². The van der Waals surface area contributed by atoms with Crippen LogP contribution in [0.4, 0.5) is 0 Å². The van der Waals surface area contributed by atoms with Gasteiger partial charge in [-0.2, -0.15) is 4.98 Å². The minimum Gasteiger partial charge on any atom is -0.497 e. The molecule has 1 aliphatic rings. The number of methoxy groups -OCH3 is 1. The fourth-order valence-corrected chi connectivity index (χ4v) is 3.55. The Morgan fingerprint density at radius 3 is 2.65 bits per heavy atom. The highest BCUT2D eigenvalue weighted by Gasteiger charge is 2.39. The summed E-state index contributed by atoms with van der Waals surface area (Å²) in [5.41, 5.74) is 1.79. The van der Waals surface area contributed by atoms with Gasteiger partial charge in [0.05, 0.1) is 7.11 Å². The highest BCUT2D eigenvalue weighted by Crippen LogP contribution is 2.38. The molecule has 0 saturated carbocycles. The maximum absolute atomic E-state index is 13.0. The van der Waals surface area contributed by atoms with Crippen molar-refractivity contribution in [1.29, 1.82) is 0 Å². The number of ether oxygens (including phenoxy) is 1. The van der Waals surface area contributed by atoms with Gasteiger partial charge >= 0.3 is 0 Å². The van der Waals surface area contributed by atoms with E-state index in [1.807, 2.05) is 41.3 Å². The van der Waals surface area contributed by atoms with Gasteiger partial charge in [-0.05, 0) is 23.8 Å². The molecule has 1 aromatic heterocycles. The number of carbonyl (C=O) groups excluding carboxylic acids is 1. The number of rotatable bonds is 4. The van der Waals surface area contributed by atoms with Crippen LogP contribution in [0.1, 0.15) is 33.6 Å². The summed E-state index contributed by atoms with van der Waals surface area (Å²) in [6.07, 6.45) is 1.34. The van der Waals surface area contributed by atoms with Crippen LogP contribution in [0.15, 0.2) is 65.5 Å². The molecule has 0 aliphatic carbocycles. The van der Waals surface area contributed by atoms with Gasteiger partial charge in [0.2, 0.25) is 6.39 Å². The van der Waals surface area contributed by atoms with Crippen molar-refractivity contribution in [2.75, 3.05) is 20.2 Å². The molecule has 0 unspecified atom stereocenters. The Labute approximate surface area is 151 Å². The lowest BCUT2D eigenvalue weighted by Crippen LogP contribution is -2.28. The topological polar surface area (TPSA) is 68.5 Å². The summed E-state index contributed by atoms with van der Waals surface area (Å²) in [6.45, 7) is 1.16. The molecule has 1 fully saturated rings. The number of likely N-dealkylation sites (tertiary alicyclic amines) is 1. The van der Waals surface area contributed by atoms with Gasteiger partial charge in [-0.15, -0.1) is 0 Å². The van der Waals surface area contributed by atoms with Gasteiger partial charge < -0.3 is 14.2 Å². The molecular weight excluding hydrogens is 330 g/mol. The molecule has 6 nitrogen and oxygen atoms in total. The quantitative estimate of drug-likeness (QED) is 0.724. The second-order valence-electron chi connectivity index (χ2n) is 6.36. The zero-order valence-corrected chi connectivity index (χ0v) is 14.4. The molecule has 2 aromatic carbocycles. The van der Waals surface area contributed by atoms with Crippen molar-refractivity contribution in [3.63, 3.8) is 0 Å². The lowest BCUT2D eigenvalue weighted by molar-refractivity contribution is 0.0788. The molecule has 1 aliphatic heterocycles. The molecule has 6 heteroatoms. The predicted molar refractivity (Wildman–Crippen MR) is 95.1 cm³/mol. The van der Waals surface area contributed by atoms with Crippen LogP contribution >= 0.6 is 0 Å². The number of amides is 1. The second kappa shape index (κ2) is 7.00. The van der Waals surface area contributed by atoms with E-state index in [1.165, 1.54) is 12.0 Å². The van der Waals surface area contributed by atoms with Crippen LogP contribution in [0.5, 0.6) is 5.75 Å². The predicted octanol–water partition coefficient (Wildman–Crippen LogP) is 3.10. The lowest BCUT2D eigenvalue weighted by Gasteiger charge is -2.17. The van der Waals surface area contributed by atoms with E-state index in [-0.39, 0.29) is 17.7 Å². The Morgan fingerprint density at radius 1 is 1.12 bits per heavy atom. The number of hydrogen-bond acceptors (Lipinski definition) is 5. The number of hydrogen-bond donors (Lipinski definition) is 0. The summed E-state index contributed by atoms with van der Waals surface area (Å²) in [4.78, 5) is 19.1. The first-order chi connectivity index (χ1) is 12.8. The van der Waals surface area contributed by atoms with Crippen molar-refractivity contribution in [3.05, 3.63) is 77.9 Å². The van der Waals surface area contributed by atoms with E-state index in [4.69, 9.17) is 9.26 Å². The fraction of sp³-hybridized carbons (Fsp3) is 0.250. The first-order valence-electron chi connectivity index (χ1n) is 8.51. The smallest absolute Gasteiger partial charge is 0.254 e. The summed E-state index contributed by atoms with van der Waals surface area (Å²) in [5, 5.41) is 4.02. The maximum atomic E-state index is 13.0. The van der Waals surface area contributed by atoms with Crippen LogP contribution in [0.25, 0.3) is 0 Å². The molecule has 0 spiro atoms. The van der Waals surface area contributed by atoms with Crippen molar-refractivity contribution >= 4 is 5.91 Å². The van der Waals surface area contributed by atoms with Crippen LogP contribution in [-0.2, 0) is 0 Å². The third kappa shape index (κ3) is 3.06. The summed E-state index contributed by atoms with van der Waals surface area (Å²) in [7, 11) is 1.59. The van der Waals surface area contributed by atoms with Gasteiger partial charge in [0.1, 0.15) is 5.75 Å². The second-order valence-corrected chi connectivity index (χ2v) is 6.36. The van der Waals surface area contributed by atoms with Crippen LogP contribution in [0.2, 0.25) is 0 Å². The monoisotopic (exact) mass is 349 g/mol. The molecular formula is C20H19N3O3. The average Bonchev–Trinajstić information content (AvgIpc) is 3.37. The third-order valence-electron chi connectivity index (χ3n) is 4.86. The van der Waals surface area contributed by atoms with Crippen molar-refractivity contribution in [2.45, 2.75) is 11.8 Å². The van der Waals surface area contributed by atoms with Crippen LogP contribution in [0, 0.1) is 0 Å². The summed E-state index contributed by atoms with van der Waals surface area (Å²) in [6, 6.07) is 17.4. The van der Waals surface area contributed by atoms with Gasteiger partial charge in [-0.1, -0.05) is 41.6 Å². The van der Waals surface area contributed by atoms with E-state index in [9.17, 15) is 4.79 Å². The summed E-state index contributed by atoms with van der Waals surface area (Å²) in [5.74, 6) is 1.43. The van der Waals surface area contributed by atoms with E-state index in [0.29, 0.717) is 30.2 Å². The Bertz CT molecular complexity index is 880. The fourth-order valence-electron chi connectivity index (χ4n) is 3.55. The Balaban J connectivity index is 1.63. The minimum atomic E-state index is -0.0178. The Morgan fingerprint density at radius 2 is 1.92 bits per heavy atom. The summed E-state index contributed by atoms with van der Waals surface area (Å²) >= 11 is 0. The standard InChI is InChI=1S/C20H19N3O3/c1-25-16-9-5-8-15(10-16)20(24)23-11-17(14-6-3-2-4-7-14)18(12-23)19-21-13-26-22-19/h2-10,13,17-18H,11-12H2,1H3/t17-,18-/m1/s1. The van der Waals surface area contributed by atoms with Gasteiger partial charge in [-0.25, -0.2) is 0 Å². The van der Waals surface area contributed by atoms with E-state index in [1.54, 1.807) is 13.2 Å². The largest absolute Gasteiger partial charge is 0.497 e. The lowest BCUT2D eigenvalue weighted by atomic mass is 9.88. The van der Waals surface area contributed by atoms with E-state index in [0.717, 1.165) is 0 Å². The van der Waals surface area contributed by atoms with Gasteiger partial charge in [0, 0.05) is 30.5 Å². The minimum absolute atomic E-state index is 0.00528. The zero-order chi connectivity index (χ0) is 17.9. The van der Waals surface area contributed by atoms with Gasteiger partial charge in [0.25, 0.3) is 5.91 Å². The van der Waals surface area contributed by atoms with E-state index >= 15 is 0 Å². The number of carbonyl (C=O) groups is 1. The molecule has 1 saturated heterocycles. The van der Waals surface area contributed by atoms with Crippen molar-refractivity contribution in [2.24, 2.45) is 0 Å². The Hall–Kier alpha value is -3.15. The van der Waals surface area contributed by atoms with Crippen molar-refractivity contribution in [1.82, 2.24) is 15.0 Å². The van der Waals surface area contributed by atoms with Gasteiger partial charge in [0.15, 0.2) is 5.82 Å². The number of benzene rings is 2. The molecule has 1 amide bonds. The molecule has 0 radical (unpaired) electrons. The molecule has 132 valence electrons. The van der Waals surface area contributed by atoms with Crippen molar-refractivity contribution < 1.29 is 14.1 Å². The molecule has 0 bridgehead atoms. The third-order valence-corrected chi connectivity index (χ3v) is 4.86. The van der Waals surface area contributed by atoms with Gasteiger partial charge in [-0.3, -0.25) is 4.79 Å². The summed E-state index contributed by atoms with van der Waals surface area (Å²) < 4.78 is 10.2. The highest BCUT2D eigenvalue weighted by atomic mass is 16.5. The average molecular weight is 349 g/mol. The van der Waals surface area contributed by atoms with Crippen LogP contribution < -0.4 is 4.74 Å². The van der Waals surface area contributed by atoms with E-state index < -0.39 is 0 Å². The first-order valence-corrected chi connectivity index (χ1v) is 8.51. The molecule has 2 atom stereocenters. The molecule has 2 heterocycles. The van der Waals surface area contributed by atoms with E-state index in [2.05, 4.69) is 22.3 Å². The number of aromatic nitrogens is 2. The van der Waals surface area contributed by atoms with Crippen LogP contribution in [0.3, 0.4) is 0 Å². The molecule has 0 N–H and O–H groups in total. The number of nitrogens with zero attached hydrogens (tertiary/aromatic N) is 3. The van der Waals surface area contributed by atoms with Crippen molar-refractivity contribution in [3.8, 4) is 5.75 Å².